The molecule has 5 nitrogen and oxygen atoms in total. The molecule has 0 aliphatic rings. The molecule has 0 aliphatic heterocycles. The summed E-state index contributed by atoms with van der Waals surface area (Å²) >= 11 is 3.41. The van der Waals surface area contributed by atoms with Gasteiger partial charge in [-0.3, -0.25) is 4.79 Å². The van der Waals surface area contributed by atoms with Crippen molar-refractivity contribution in [3.63, 3.8) is 0 Å². The van der Waals surface area contributed by atoms with Crippen molar-refractivity contribution in [1.82, 2.24) is 10.5 Å². The van der Waals surface area contributed by atoms with Gasteiger partial charge in [-0.2, -0.15) is 0 Å². The molecule has 1 amide bonds. The van der Waals surface area contributed by atoms with E-state index < -0.39 is 0 Å². The zero-order valence-corrected chi connectivity index (χ0v) is 12.8. The Labute approximate surface area is 125 Å². The van der Waals surface area contributed by atoms with E-state index in [1.165, 1.54) is 0 Å². The molecule has 2 rings (SSSR count). The minimum Gasteiger partial charge on any atom is -0.377 e. The van der Waals surface area contributed by atoms with Crippen LogP contribution in [-0.4, -0.2) is 18.2 Å². The van der Waals surface area contributed by atoms with E-state index in [0.29, 0.717) is 12.4 Å². The molecule has 1 atom stereocenters. The summed E-state index contributed by atoms with van der Waals surface area (Å²) in [6.45, 7) is 2.21. The van der Waals surface area contributed by atoms with Crippen LogP contribution in [0.1, 0.15) is 34.8 Å². The summed E-state index contributed by atoms with van der Waals surface area (Å²) in [5.74, 6) is 0.247. The molecule has 1 heterocycles. The lowest BCUT2D eigenvalue weighted by Crippen LogP contribution is -2.26. The van der Waals surface area contributed by atoms with Crippen molar-refractivity contribution in [1.29, 1.82) is 0 Å². The molecule has 0 spiro atoms. The average molecular weight is 339 g/mol. The maximum Gasteiger partial charge on any atom is 0.273 e. The molecule has 0 saturated heterocycles. The number of halogens is 1. The quantitative estimate of drug-likeness (QED) is 0.909. The average Bonchev–Trinajstić information content (AvgIpc) is 2.88. The largest absolute Gasteiger partial charge is 0.377 e. The highest BCUT2D eigenvalue weighted by atomic mass is 79.9. The van der Waals surface area contributed by atoms with Gasteiger partial charge in [-0.1, -0.05) is 33.2 Å². The van der Waals surface area contributed by atoms with Crippen molar-refractivity contribution in [3.05, 3.63) is 51.8 Å². The highest BCUT2D eigenvalue weighted by Crippen LogP contribution is 2.18. The molecule has 106 valence electrons. The molecule has 1 N–H and O–H groups in total. The van der Waals surface area contributed by atoms with Crippen LogP contribution >= 0.6 is 15.9 Å². The second kappa shape index (κ2) is 6.67. The Kier molecular flexibility index (Phi) is 4.92. The fourth-order valence-corrected chi connectivity index (χ4v) is 2.18. The first-order valence-electron chi connectivity index (χ1n) is 6.11. The summed E-state index contributed by atoms with van der Waals surface area (Å²) in [5.41, 5.74) is 1.26. The van der Waals surface area contributed by atoms with Crippen LogP contribution in [0.5, 0.6) is 0 Å². The maximum absolute atomic E-state index is 12.0. The fourth-order valence-electron chi connectivity index (χ4n) is 1.76. The third kappa shape index (κ3) is 3.68. The van der Waals surface area contributed by atoms with Crippen LogP contribution in [0.25, 0.3) is 0 Å². The van der Waals surface area contributed by atoms with Gasteiger partial charge in [0.25, 0.3) is 5.91 Å². The van der Waals surface area contributed by atoms with Crippen molar-refractivity contribution < 1.29 is 14.1 Å². The van der Waals surface area contributed by atoms with Gasteiger partial charge in [0.1, 0.15) is 6.61 Å². The molecule has 1 unspecified atom stereocenters. The molecule has 0 aliphatic carbocycles. The Bertz CT molecular complexity index is 598. The summed E-state index contributed by atoms with van der Waals surface area (Å²) in [6, 6.07) is 9.23. The Balaban J connectivity index is 2.03. The van der Waals surface area contributed by atoms with E-state index in [1.807, 2.05) is 31.2 Å². The standard InChI is InChI=1S/C14H15BrN2O3/c1-9(10-4-3-5-11(15)6-10)16-14(18)13-7-12(8-19-2)20-17-13/h3-7,9H,8H2,1-2H3,(H,16,18). The number of nitrogens with one attached hydrogen (secondary N) is 1. The Morgan fingerprint density at radius 1 is 1.50 bits per heavy atom. The highest BCUT2D eigenvalue weighted by Gasteiger charge is 2.15. The van der Waals surface area contributed by atoms with Gasteiger partial charge >= 0.3 is 0 Å². The fraction of sp³-hybridized carbons (Fsp3) is 0.286. The van der Waals surface area contributed by atoms with E-state index in [-0.39, 0.29) is 17.6 Å². The van der Waals surface area contributed by atoms with Gasteiger partial charge in [-0.15, -0.1) is 0 Å². The lowest BCUT2D eigenvalue weighted by Gasteiger charge is -2.13. The van der Waals surface area contributed by atoms with Gasteiger partial charge in [0.15, 0.2) is 11.5 Å². The molecular formula is C14H15BrN2O3. The summed E-state index contributed by atoms with van der Waals surface area (Å²) in [4.78, 5) is 12.0. The van der Waals surface area contributed by atoms with E-state index in [1.54, 1.807) is 13.2 Å². The molecule has 0 radical (unpaired) electrons. The number of hydrogen-bond acceptors (Lipinski definition) is 4. The van der Waals surface area contributed by atoms with Crippen molar-refractivity contribution in [2.24, 2.45) is 0 Å². The lowest BCUT2D eigenvalue weighted by molar-refractivity contribution is 0.0930. The number of carbonyl (C=O) groups is 1. The number of benzene rings is 1. The molecule has 0 fully saturated rings. The minimum absolute atomic E-state index is 0.123. The first-order chi connectivity index (χ1) is 9.60. The zero-order chi connectivity index (χ0) is 14.5. The smallest absolute Gasteiger partial charge is 0.273 e. The normalized spacial score (nSPS) is 12.2. The van der Waals surface area contributed by atoms with Crippen LogP contribution in [0.3, 0.4) is 0 Å². The number of rotatable bonds is 5. The molecule has 1 aromatic carbocycles. The Hall–Kier alpha value is -1.66. The molecule has 20 heavy (non-hydrogen) atoms. The molecule has 0 bridgehead atoms. The summed E-state index contributed by atoms with van der Waals surface area (Å²) < 4.78 is 10.9. The van der Waals surface area contributed by atoms with E-state index in [2.05, 4.69) is 26.4 Å². The Morgan fingerprint density at radius 3 is 3.00 bits per heavy atom. The molecule has 1 aromatic heterocycles. The van der Waals surface area contributed by atoms with Gasteiger partial charge in [-0.05, 0) is 24.6 Å². The number of carbonyl (C=O) groups excluding carboxylic acids is 1. The molecule has 6 heteroatoms. The number of ether oxygens (including phenoxy) is 1. The Morgan fingerprint density at radius 2 is 2.30 bits per heavy atom. The monoisotopic (exact) mass is 338 g/mol. The van der Waals surface area contributed by atoms with E-state index in [4.69, 9.17) is 9.26 Å². The first-order valence-corrected chi connectivity index (χ1v) is 6.90. The SMILES string of the molecule is COCc1cc(C(=O)NC(C)c2cccc(Br)c2)no1. The second-order valence-electron chi connectivity index (χ2n) is 4.36. The van der Waals surface area contributed by atoms with Crippen LogP contribution in [0.2, 0.25) is 0 Å². The second-order valence-corrected chi connectivity index (χ2v) is 5.28. The summed E-state index contributed by atoms with van der Waals surface area (Å²) in [7, 11) is 1.55. The molecule has 2 aromatic rings. The topological polar surface area (TPSA) is 64.4 Å². The lowest BCUT2D eigenvalue weighted by atomic mass is 10.1. The van der Waals surface area contributed by atoms with Crippen molar-refractivity contribution in [2.45, 2.75) is 19.6 Å². The first kappa shape index (κ1) is 14.7. The predicted octanol–water partition coefficient (Wildman–Crippen LogP) is 3.07. The van der Waals surface area contributed by atoms with Crippen LogP contribution in [0, 0.1) is 0 Å². The molecule has 0 saturated carbocycles. The van der Waals surface area contributed by atoms with Crippen molar-refractivity contribution in [3.8, 4) is 0 Å². The van der Waals surface area contributed by atoms with Crippen LogP contribution in [0.4, 0.5) is 0 Å². The van der Waals surface area contributed by atoms with Gasteiger partial charge in [0.05, 0.1) is 6.04 Å². The third-order valence-electron chi connectivity index (χ3n) is 2.77. The van der Waals surface area contributed by atoms with Crippen LogP contribution in [0.15, 0.2) is 39.3 Å². The van der Waals surface area contributed by atoms with Gasteiger partial charge in [-0.25, -0.2) is 0 Å². The number of aromatic nitrogens is 1. The number of methoxy groups -OCH3 is 1. The molecular weight excluding hydrogens is 324 g/mol. The minimum atomic E-state index is -0.274. The van der Waals surface area contributed by atoms with Crippen molar-refractivity contribution in [2.75, 3.05) is 7.11 Å². The summed E-state index contributed by atoms with van der Waals surface area (Å²) in [5, 5.41) is 6.59. The van der Waals surface area contributed by atoms with Gasteiger partial charge in [0.2, 0.25) is 0 Å². The van der Waals surface area contributed by atoms with E-state index in [9.17, 15) is 4.79 Å². The number of nitrogens with zero attached hydrogens (tertiary/aromatic N) is 1. The zero-order valence-electron chi connectivity index (χ0n) is 11.2. The van der Waals surface area contributed by atoms with Gasteiger partial charge < -0.3 is 14.6 Å². The van der Waals surface area contributed by atoms with Crippen LogP contribution in [-0.2, 0) is 11.3 Å². The van der Waals surface area contributed by atoms with Crippen LogP contribution < -0.4 is 5.32 Å². The van der Waals surface area contributed by atoms with Crippen molar-refractivity contribution >= 4 is 21.8 Å². The van der Waals surface area contributed by atoms with E-state index in [0.717, 1.165) is 10.0 Å². The highest BCUT2D eigenvalue weighted by molar-refractivity contribution is 9.10. The van der Waals surface area contributed by atoms with Gasteiger partial charge in [0, 0.05) is 17.6 Å². The summed E-state index contributed by atoms with van der Waals surface area (Å²) in [6.07, 6.45) is 0. The number of amides is 1. The number of hydrogen-bond donors (Lipinski definition) is 1. The third-order valence-corrected chi connectivity index (χ3v) is 3.27. The predicted molar refractivity (Wildman–Crippen MR) is 77.2 cm³/mol. The van der Waals surface area contributed by atoms with E-state index >= 15 is 0 Å². The maximum atomic E-state index is 12.0.